The normalized spacial score (nSPS) is 33.6. The Kier molecular flexibility index (Phi) is 8.72. The van der Waals surface area contributed by atoms with Gasteiger partial charge in [-0.2, -0.15) is 0 Å². The van der Waals surface area contributed by atoms with Crippen molar-refractivity contribution in [1.82, 2.24) is 0 Å². The molecule has 2 nitrogen and oxygen atoms in total. The largest absolute Gasteiger partial charge is 0.426 e. The Bertz CT molecular complexity index is 684. The van der Waals surface area contributed by atoms with E-state index in [-0.39, 0.29) is 11.9 Å². The molecular weight excluding hydrogens is 392 g/mol. The minimum absolute atomic E-state index is 0.00552. The number of carbonyl (C=O) groups excluding carboxylic acids is 1. The highest BCUT2D eigenvalue weighted by molar-refractivity contribution is 5.75. The van der Waals surface area contributed by atoms with Crippen molar-refractivity contribution in [2.24, 2.45) is 29.6 Å². The van der Waals surface area contributed by atoms with Crippen LogP contribution in [0.4, 0.5) is 0 Å². The summed E-state index contributed by atoms with van der Waals surface area (Å²) >= 11 is 0. The minimum Gasteiger partial charge on any atom is -0.426 e. The third kappa shape index (κ3) is 6.17. The van der Waals surface area contributed by atoms with Crippen molar-refractivity contribution < 1.29 is 9.53 Å². The molecule has 0 saturated heterocycles. The van der Waals surface area contributed by atoms with Gasteiger partial charge in [0.1, 0.15) is 5.75 Å². The molecule has 178 valence electrons. The van der Waals surface area contributed by atoms with Crippen LogP contribution in [0.3, 0.4) is 0 Å². The standard InChI is InChI=1S/C30H46O2/c1-3-5-23-8-12-25(13-9-23)27-18-20-29(21-19-27)32-30(31)28-16-14-26(15-17-28)24-10-6-22(4-2)7-11-24/h18-26,28H,3-17H2,1-2H3. The lowest BCUT2D eigenvalue weighted by atomic mass is 9.69. The number of esters is 1. The molecule has 1 aromatic rings. The molecule has 0 amide bonds. The topological polar surface area (TPSA) is 26.3 Å². The summed E-state index contributed by atoms with van der Waals surface area (Å²) in [6, 6.07) is 8.47. The average Bonchev–Trinajstić information content (AvgIpc) is 2.85. The van der Waals surface area contributed by atoms with E-state index in [9.17, 15) is 4.79 Å². The monoisotopic (exact) mass is 438 g/mol. The average molecular weight is 439 g/mol. The Labute approximate surface area is 196 Å². The number of benzene rings is 1. The summed E-state index contributed by atoms with van der Waals surface area (Å²) in [6.07, 6.45) is 19.6. The van der Waals surface area contributed by atoms with E-state index in [1.807, 2.05) is 12.1 Å². The molecular formula is C30H46O2. The molecule has 1 aromatic carbocycles. The van der Waals surface area contributed by atoms with Crippen molar-refractivity contribution >= 4 is 5.97 Å². The highest BCUT2D eigenvalue weighted by atomic mass is 16.5. The van der Waals surface area contributed by atoms with E-state index in [4.69, 9.17) is 4.74 Å². The van der Waals surface area contributed by atoms with Gasteiger partial charge in [0.25, 0.3) is 0 Å². The van der Waals surface area contributed by atoms with Gasteiger partial charge >= 0.3 is 5.97 Å². The van der Waals surface area contributed by atoms with Crippen LogP contribution in [0.5, 0.6) is 5.75 Å². The Morgan fingerprint density at radius 2 is 1.31 bits per heavy atom. The van der Waals surface area contributed by atoms with Crippen molar-refractivity contribution in [3.8, 4) is 5.75 Å². The SMILES string of the molecule is CCCC1CCC(c2ccc(OC(=O)C3CCC(C4CCC(CC)CC4)CC3)cc2)CC1. The second kappa shape index (κ2) is 11.7. The van der Waals surface area contributed by atoms with Crippen molar-refractivity contribution in [3.63, 3.8) is 0 Å². The molecule has 0 bridgehead atoms. The van der Waals surface area contributed by atoms with Crippen LogP contribution in [0.2, 0.25) is 0 Å². The molecule has 0 spiro atoms. The molecule has 32 heavy (non-hydrogen) atoms. The van der Waals surface area contributed by atoms with Gasteiger partial charge in [-0.05, 0) is 111 Å². The fourth-order valence-electron chi connectivity index (χ4n) is 7.09. The Balaban J connectivity index is 1.20. The predicted octanol–water partition coefficient (Wildman–Crippen LogP) is 8.69. The van der Waals surface area contributed by atoms with E-state index in [0.29, 0.717) is 5.92 Å². The van der Waals surface area contributed by atoms with Gasteiger partial charge in [-0.1, -0.05) is 58.1 Å². The van der Waals surface area contributed by atoms with E-state index in [0.717, 1.165) is 42.3 Å². The number of ether oxygens (including phenoxy) is 1. The predicted molar refractivity (Wildman–Crippen MR) is 133 cm³/mol. The van der Waals surface area contributed by atoms with Gasteiger partial charge < -0.3 is 4.74 Å². The van der Waals surface area contributed by atoms with E-state index in [2.05, 4.69) is 26.0 Å². The fourth-order valence-corrected chi connectivity index (χ4v) is 7.09. The summed E-state index contributed by atoms with van der Waals surface area (Å²) in [5, 5.41) is 0. The van der Waals surface area contributed by atoms with Crippen LogP contribution in [-0.2, 0) is 4.79 Å². The lowest BCUT2D eigenvalue weighted by molar-refractivity contribution is -0.140. The van der Waals surface area contributed by atoms with Crippen LogP contribution < -0.4 is 4.74 Å². The first kappa shape index (κ1) is 23.8. The van der Waals surface area contributed by atoms with Crippen LogP contribution >= 0.6 is 0 Å². The van der Waals surface area contributed by atoms with Crippen LogP contribution in [0.15, 0.2) is 24.3 Å². The zero-order chi connectivity index (χ0) is 22.3. The maximum absolute atomic E-state index is 12.8. The molecule has 0 unspecified atom stereocenters. The molecule has 0 aliphatic heterocycles. The molecule has 3 aliphatic rings. The van der Waals surface area contributed by atoms with Crippen LogP contribution in [0, 0.1) is 29.6 Å². The molecule has 4 rings (SSSR count). The maximum Gasteiger partial charge on any atom is 0.314 e. The molecule has 3 saturated carbocycles. The highest BCUT2D eigenvalue weighted by Gasteiger charge is 2.33. The minimum atomic E-state index is 0.00552. The first-order chi connectivity index (χ1) is 15.7. The van der Waals surface area contributed by atoms with Crippen molar-refractivity contribution in [3.05, 3.63) is 29.8 Å². The summed E-state index contributed by atoms with van der Waals surface area (Å²) in [6.45, 7) is 4.64. The van der Waals surface area contributed by atoms with Gasteiger partial charge in [-0.15, -0.1) is 0 Å². The van der Waals surface area contributed by atoms with Gasteiger partial charge in [0.2, 0.25) is 0 Å². The van der Waals surface area contributed by atoms with E-state index < -0.39 is 0 Å². The van der Waals surface area contributed by atoms with Crippen LogP contribution in [-0.4, -0.2) is 5.97 Å². The van der Waals surface area contributed by atoms with E-state index >= 15 is 0 Å². The third-order valence-electron chi connectivity index (χ3n) is 9.35. The first-order valence-electron chi connectivity index (χ1n) is 14.0. The third-order valence-corrected chi connectivity index (χ3v) is 9.35. The number of hydrogen-bond acceptors (Lipinski definition) is 2. The van der Waals surface area contributed by atoms with Gasteiger partial charge in [0, 0.05) is 0 Å². The second-order valence-electron chi connectivity index (χ2n) is 11.3. The number of hydrogen-bond donors (Lipinski definition) is 0. The lowest BCUT2D eigenvalue weighted by Crippen LogP contribution is -2.30. The van der Waals surface area contributed by atoms with Gasteiger partial charge in [0.15, 0.2) is 0 Å². The van der Waals surface area contributed by atoms with Crippen LogP contribution in [0.25, 0.3) is 0 Å². The van der Waals surface area contributed by atoms with Crippen LogP contribution in [0.1, 0.15) is 122 Å². The second-order valence-corrected chi connectivity index (χ2v) is 11.3. The Hall–Kier alpha value is -1.31. The zero-order valence-electron chi connectivity index (χ0n) is 20.7. The molecule has 0 radical (unpaired) electrons. The fraction of sp³-hybridized carbons (Fsp3) is 0.767. The first-order valence-corrected chi connectivity index (χ1v) is 14.0. The molecule has 3 aliphatic carbocycles. The molecule has 0 atom stereocenters. The van der Waals surface area contributed by atoms with Gasteiger partial charge in [-0.25, -0.2) is 0 Å². The molecule has 2 heteroatoms. The van der Waals surface area contributed by atoms with Crippen molar-refractivity contribution in [2.45, 2.75) is 116 Å². The van der Waals surface area contributed by atoms with Gasteiger partial charge in [-0.3, -0.25) is 4.79 Å². The zero-order valence-corrected chi connectivity index (χ0v) is 20.7. The molecule has 0 aromatic heterocycles. The molecule has 0 N–H and O–H groups in total. The quantitative estimate of drug-likeness (QED) is 0.314. The summed E-state index contributed by atoms with van der Waals surface area (Å²) in [7, 11) is 0. The lowest BCUT2D eigenvalue weighted by Gasteiger charge is -2.37. The van der Waals surface area contributed by atoms with Gasteiger partial charge in [0.05, 0.1) is 5.92 Å². The summed E-state index contributed by atoms with van der Waals surface area (Å²) < 4.78 is 5.82. The Morgan fingerprint density at radius 1 is 0.750 bits per heavy atom. The van der Waals surface area contributed by atoms with Crippen molar-refractivity contribution in [2.75, 3.05) is 0 Å². The molecule has 3 fully saturated rings. The smallest absolute Gasteiger partial charge is 0.314 e. The van der Waals surface area contributed by atoms with E-state index in [1.165, 1.54) is 89.0 Å². The molecule has 0 heterocycles. The summed E-state index contributed by atoms with van der Waals surface area (Å²) in [5.41, 5.74) is 1.43. The summed E-state index contributed by atoms with van der Waals surface area (Å²) in [4.78, 5) is 12.8. The van der Waals surface area contributed by atoms with E-state index in [1.54, 1.807) is 0 Å². The maximum atomic E-state index is 12.8. The summed E-state index contributed by atoms with van der Waals surface area (Å²) in [5.74, 6) is 5.22. The van der Waals surface area contributed by atoms with Crippen molar-refractivity contribution in [1.29, 1.82) is 0 Å². The number of carbonyl (C=O) groups is 1. The highest BCUT2D eigenvalue weighted by Crippen LogP contribution is 2.42. The Morgan fingerprint density at radius 3 is 1.88 bits per heavy atom. The number of rotatable bonds is 7.